The fourth-order valence-electron chi connectivity index (χ4n) is 3.71. The first-order chi connectivity index (χ1) is 16.6. The number of sulfonamides is 1. The van der Waals surface area contributed by atoms with Crippen LogP contribution < -0.4 is 5.32 Å². The summed E-state index contributed by atoms with van der Waals surface area (Å²) in [6.45, 7) is 1.08. The van der Waals surface area contributed by atoms with Crippen LogP contribution in [0.25, 0.3) is 0 Å². The number of piperidine rings is 1. The number of hydrogen-bond acceptors (Lipinski definition) is 4. The molecule has 1 aliphatic heterocycles. The van der Waals surface area contributed by atoms with Crippen LogP contribution >= 0.6 is 58.0 Å². The van der Waals surface area contributed by atoms with Crippen LogP contribution in [0.2, 0.25) is 25.1 Å². The molecule has 7 nitrogen and oxygen atoms in total. The first-order valence-corrected chi connectivity index (χ1v) is 13.9. The van der Waals surface area contributed by atoms with Gasteiger partial charge in [0.1, 0.15) is 9.92 Å². The van der Waals surface area contributed by atoms with E-state index >= 15 is 0 Å². The van der Waals surface area contributed by atoms with Gasteiger partial charge in [-0.15, -0.1) is 0 Å². The zero-order chi connectivity index (χ0) is 25.3. The van der Waals surface area contributed by atoms with Crippen LogP contribution in [0.15, 0.2) is 41.4 Å². The van der Waals surface area contributed by atoms with Gasteiger partial charge in [-0.1, -0.05) is 70.5 Å². The van der Waals surface area contributed by atoms with E-state index in [9.17, 15) is 13.2 Å². The molecule has 0 atom stereocenters. The summed E-state index contributed by atoms with van der Waals surface area (Å²) in [5.74, 6) is -0.605. The van der Waals surface area contributed by atoms with Crippen molar-refractivity contribution in [2.75, 3.05) is 18.4 Å². The van der Waals surface area contributed by atoms with Crippen molar-refractivity contribution in [3.8, 4) is 0 Å². The predicted molar refractivity (Wildman–Crippen MR) is 140 cm³/mol. The molecule has 0 unspecified atom stereocenters. The molecule has 1 amide bonds. The summed E-state index contributed by atoms with van der Waals surface area (Å²) in [4.78, 5) is 12.8. The summed E-state index contributed by atoms with van der Waals surface area (Å²) in [6.07, 6.45) is 4.02. The number of nitrogens with one attached hydrogen (secondary N) is 1. The van der Waals surface area contributed by atoms with Gasteiger partial charge in [-0.25, -0.2) is 8.42 Å². The van der Waals surface area contributed by atoms with E-state index < -0.39 is 15.9 Å². The molecule has 1 N–H and O–H groups in total. The van der Waals surface area contributed by atoms with Crippen molar-refractivity contribution < 1.29 is 13.2 Å². The average Bonchev–Trinajstić information content (AvgIpc) is 3.14. The fourth-order valence-corrected chi connectivity index (χ4v) is 6.72. The first kappa shape index (κ1) is 26.5. The second-order valence-corrected chi connectivity index (χ2v) is 11.9. The highest BCUT2D eigenvalue weighted by Gasteiger charge is 2.30. The first-order valence-electron chi connectivity index (χ1n) is 10.5. The lowest BCUT2D eigenvalue weighted by molar-refractivity contribution is 0.102. The minimum atomic E-state index is -3.89. The van der Waals surface area contributed by atoms with Crippen LogP contribution in [0.4, 0.5) is 5.82 Å². The van der Waals surface area contributed by atoms with Gasteiger partial charge in [-0.05, 0) is 42.7 Å². The van der Waals surface area contributed by atoms with E-state index in [1.165, 1.54) is 27.3 Å². The molecule has 2 heterocycles. The summed E-state index contributed by atoms with van der Waals surface area (Å²) in [5.41, 5.74) is 0.680. The smallest absolute Gasteiger partial charge is 0.258 e. The van der Waals surface area contributed by atoms with Crippen molar-refractivity contribution in [2.45, 2.75) is 30.7 Å². The number of amides is 1. The molecule has 35 heavy (non-hydrogen) atoms. The monoisotopic (exact) mass is 594 g/mol. The second kappa shape index (κ2) is 10.8. The Labute approximate surface area is 227 Å². The van der Waals surface area contributed by atoms with E-state index in [1.54, 1.807) is 18.2 Å². The van der Waals surface area contributed by atoms with Crippen LogP contribution in [0, 0.1) is 0 Å². The number of benzene rings is 2. The molecule has 1 fully saturated rings. The third-order valence-corrected chi connectivity index (χ3v) is 9.04. The van der Waals surface area contributed by atoms with E-state index in [2.05, 4.69) is 10.4 Å². The summed E-state index contributed by atoms with van der Waals surface area (Å²) in [6, 6.07) is 7.51. The maximum Gasteiger partial charge on any atom is 0.258 e. The Kier molecular flexibility index (Phi) is 8.22. The lowest BCUT2D eigenvalue weighted by Gasteiger charge is -2.26. The van der Waals surface area contributed by atoms with Gasteiger partial charge in [0.15, 0.2) is 5.82 Å². The Hall–Kier alpha value is -1.52. The standard InChI is InChI=1S/C22H19Cl5N4O3S/c23-14-5-4-13(16(24)8-14)11-30-12-19(27)21(29-30)28-22(32)15-9-20(18(26)10-17(15)25)35(33,34)31-6-2-1-3-7-31/h4-5,8-10,12H,1-3,6-7,11H2,(H,28,29,32). The van der Waals surface area contributed by atoms with Crippen LogP contribution in [0.3, 0.4) is 0 Å². The molecule has 1 saturated heterocycles. The van der Waals surface area contributed by atoms with Crippen molar-refractivity contribution in [2.24, 2.45) is 0 Å². The van der Waals surface area contributed by atoms with E-state index in [4.69, 9.17) is 58.0 Å². The zero-order valence-corrected chi connectivity index (χ0v) is 22.7. The third kappa shape index (κ3) is 5.91. The lowest BCUT2D eigenvalue weighted by Crippen LogP contribution is -2.35. The molecule has 2 aromatic carbocycles. The van der Waals surface area contributed by atoms with Gasteiger partial charge in [0, 0.05) is 29.3 Å². The number of hydrogen-bond donors (Lipinski definition) is 1. The number of nitrogens with zero attached hydrogens (tertiary/aromatic N) is 3. The molecule has 0 spiro atoms. The zero-order valence-electron chi connectivity index (χ0n) is 18.1. The van der Waals surface area contributed by atoms with Crippen LogP contribution in [0.5, 0.6) is 0 Å². The lowest BCUT2D eigenvalue weighted by atomic mass is 10.2. The number of anilines is 1. The normalized spacial score (nSPS) is 14.8. The van der Waals surface area contributed by atoms with Crippen molar-refractivity contribution in [1.82, 2.24) is 14.1 Å². The van der Waals surface area contributed by atoms with Crippen molar-refractivity contribution >= 4 is 79.8 Å². The molecular weight excluding hydrogens is 578 g/mol. The Balaban J connectivity index is 1.58. The van der Waals surface area contributed by atoms with Gasteiger partial charge in [-0.2, -0.15) is 9.40 Å². The number of halogens is 5. The van der Waals surface area contributed by atoms with E-state index in [1.807, 2.05) is 0 Å². The maximum absolute atomic E-state index is 13.1. The predicted octanol–water partition coefficient (Wildman–Crippen LogP) is 6.63. The van der Waals surface area contributed by atoms with Gasteiger partial charge < -0.3 is 5.32 Å². The summed E-state index contributed by atoms with van der Waals surface area (Å²) < 4.78 is 29.2. The molecule has 0 bridgehead atoms. The summed E-state index contributed by atoms with van der Waals surface area (Å²) >= 11 is 30.9. The average molecular weight is 597 g/mol. The summed E-state index contributed by atoms with van der Waals surface area (Å²) in [5, 5.41) is 7.96. The van der Waals surface area contributed by atoms with Gasteiger partial charge >= 0.3 is 0 Å². The van der Waals surface area contributed by atoms with Crippen LogP contribution in [-0.2, 0) is 16.6 Å². The number of aromatic nitrogens is 2. The van der Waals surface area contributed by atoms with Gasteiger partial charge in [0.2, 0.25) is 10.0 Å². The van der Waals surface area contributed by atoms with E-state index in [0.717, 1.165) is 24.8 Å². The minimum absolute atomic E-state index is 0.00593. The fraction of sp³-hybridized carbons (Fsp3) is 0.273. The van der Waals surface area contributed by atoms with Crippen molar-refractivity contribution in [1.29, 1.82) is 0 Å². The molecule has 0 aliphatic carbocycles. The molecule has 13 heteroatoms. The van der Waals surface area contributed by atoms with Gasteiger partial charge in [-0.3, -0.25) is 9.48 Å². The number of rotatable bonds is 6. The second-order valence-electron chi connectivity index (χ2n) is 7.94. The minimum Gasteiger partial charge on any atom is -0.304 e. The largest absolute Gasteiger partial charge is 0.304 e. The van der Waals surface area contributed by atoms with Gasteiger partial charge in [0.05, 0.1) is 22.2 Å². The Bertz CT molecular complexity index is 1390. The number of carbonyl (C=O) groups excluding carboxylic acids is 1. The SMILES string of the molecule is O=C(Nc1nn(Cc2ccc(Cl)cc2Cl)cc1Cl)c1cc(S(=O)(=O)N2CCCCC2)c(Cl)cc1Cl. The molecule has 0 radical (unpaired) electrons. The molecule has 0 saturated carbocycles. The third-order valence-electron chi connectivity index (χ3n) is 5.50. The van der Waals surface area contributed by atoms with E-state index in [-0.39, 0.29) is 37.9 Å². The Morgan fingerprint density at radius 3 is 2.31 bits per heavy atom. The maximum atomic E-state index is 13.1. The molecule has 3 aromatic rings. The molecule has 4 rings (SSSR count). The van der Waals surface area contributed by atoms with Crippen LogP contribution in [-0.4, -0.2) is 41.5 Å². The van der Waals surface area contributed by atoms with Crippen molar-refractivity contribution in [3.05, 3.63) is 72.8 Å². The Morgan fingerprint density at radius 1 is 0.914 bits per heavy atom. The number of carbonyl (C=O) groups is 1. The van der Waals surface area contributed by atoms with Crippen LogP contribution in [0.1, 0.15) is 35.2 Å². The Morgan fingerprint density at radius 2 is 1.63 bits per heavy atom. The molecule has 1 aromatic heterocycles. The topological polar surface area (TPSA) is 84.3 Å². The highest BCUT2D eigenvalue weighted by molar-refractivity contribution is 7.89. The molecule has 186 valence electrons. The highest BCUT2D eigenvalue weighted by Crippen LogP contribution is 2.33. The quantitative estimate of drug-likeness (QED) is 0.347. The van der Waals surface area contributed by atoms with Crippen molar-refractivity contribution in [3.63, 3.8) is 0 Å². The highest BCUT2D eigenvalue weighted by atomic mass is 35.5. The van der Waals surface area contributed by atoms with E-state index in [0.29, 0.717) is 23.1 Å². The summed E-state index contributed by atoms with van der Waals surface area (Å²) in [7, 11) is -3.89. The molecule has 1 aliphatic rings. The molecular formula is C22H19Cl5N4O3S. The van der Waals surface area contributed by atoms with Gasteiger partial charge in [0.25, 0.3) is 5.91 Å².